The molecule has 6 heteroatoms. The van der Waals surface area contributed by atoms with Gasteiger partial charge in [-0.05, 0) is 46.0 Å². The van der Waals surface area contributed by atoms with Crippen LogP contribution in [0.3, 0.4) is 0 Å². The van der Waals surface area contributed by atoms with Crippen molar-refractivity contribution in [2.75, 3.05) is 21.0 Å². The maximum absolute atomic E-state index is 5.86. The molecular weight excluding hydrogens is 498 g/mol. The first-order valence-electron chi connectivity index (χ1n) is 12.4. The van der Waals surface area contributed by atoms with Gasteiger partial charge in [-0.2, -0.15) is 4.57 Å². The Labute approximate surface area is 227 Å². The van der Waals surface area contributed by atoms with Crippen LogP contribution in [0.1, 0.15) is 5.56 Å². The molecule has 190 valence electrons. The lowest BCUT2D eigenvalue weighted by atomic mass is 9.92. The number of fused-ring (bicyclic) bond motifs is 5. The molecule has 0 amide bonds. The molecule has 38 heavy (non-hydrogen) atoms. The molecule has 0 bridgehead atoms. The monoisotopic (exact) mass is 523 g/mol. The largest absolute Gasteiger partial charge is 1.00 e. The minimum atomic E-state index is 0. The van der Waals surface area contributed by atoms with E-state index in [9.17, 15) is 0 Å². The second-order valence-electron chi connectivity index (χ2n) is 9.40. The molecule has 4 aromatic carbocycles. The molecule has 0 radical (unpaired) electrons. The van der Waals surface area contributed by atoms with E-state index in [-0.39, 0.29) is 19.2 Å². The van der Waals surface area contributed by atoms with Crippen LogP contribution >= 0.6 is 0 Å². The predicted molar refractivity (Wildman–Crippen MR) is 143 cm³/mol. The number of pyridine rings is 1. The Kier molecular flexibility index (Phi) is 6.09. The van der Waals surface area contributed by atoms with E-state index in [0.717, 1.165) is 63.6 Å². The molecule has 2 aliphatic rings. The molecular formula is C32H26ClNO4. The van der Waals surface area contributed by atoms with Gasteiger partial charge in [-0.1, -0.05) is 54.6 Å². The number of nitrogens with zero attached hydrogens (tertiary/aromatic N) is 1. The first-order valence-corrected chi connectivity index (χ1v) is 12.4. The van der Waals surface area contributed by atoms with Crippen LogP contribution in [0.2, 0.25) is 0 Å². The third kappa shape index (κ3) is 3.82. The average molecular weight is 524 g/mol. The molecule has 0 unspecified atom stereocenters. The molecule has 0 aliphatic carbocycles. The zero-order valence-electron chi connectivity index (χ0n) is 21.2. The highest BCUT2D eigenvalue weighted by Crippen LogP contribution is 2.45. The van der Waals surface area contributed by atoms with Gasteiger partial charge in [0.05, 0.1) is 25.2 Å². The van der Waals surface area contributed by atoms with E-state index in [0.29, 0.717) is 0 Å². The summed E-state index contributed by atoms with van der Waals surface area (Å²) in [5.41, 5.74) is 8.22. The van der Waals surface area contributed by atoms with Crippen molar-refractivity contribution in [3.05, 3.63) is 90.6 Å². The molecule has 0 fully saturated rings. The molecule has 0 spiro atoms. The summed E-state index contributed by atoms with van der Waals surface area (Å²) in [5.74, 6) is 3.10. The highest BCUT2D eigenvalue weighted by molar-refractivity contribution is 6.02. The van der Waals surface area contributed by atoms with Crippen molar-refractivity contribution in [2.45, 2.75) is 13.0 Å². The van der Waals surface area contributed by atoms with Crippen LogP contribution in [-0.2, 0) is 13.0 Å². The molecule has 1 aromatic heterocycles. The lowest BCUT2D eigenvalue weighted by Gasteiger charge is -2.19. The lowest BCUT2D eigenvalue weighted by Crippen LogP contribution is -3.00. The summed E-state index contributed by atoms with van der Waals surface area (Å²) in [4.78, 5) is 0. The number of hydrogen-bond acceptors (Lipinski definition) is 4. The molecule has 0 N–H and O–H groups in total. The fraction of sp³-hybridized carbons (Fsp3) is 0.156. The number of aryl methyl sites for hydroxylation is 2. The highest BCUT2D eigenvalue weighted by atomic mass is 35.5. The van der Waals surface area contributed by atoms with Crippen molar-refractivity contribution in [3.8, 4) is 56.5 Å². The standard InChI is InChI=1S/C32H26NO4.ClH/c1-34-31-16-24(22-10-8-21(9-11-22)20-6-4-3-5-7-20)26-15-28-25-17-30-29(36-19-37-30)14-23(25)12-13-33(28)18-27(26)32(31)35-2;/h3-11,14-18H,12-13,19H2,1-2H3;1H/q+1;/p-1. The van der Waals surface area contributed by atoms with E-state index in [1.165, 1.54) is 22.3 Å². The molecule has 0 saturated carbocycles. The summed E-state index contributed by atoms with van der Waals surface area (Å²) in [5, 5.41) is 2.14. The van der Waals surface area contributed by atoms with E-state index < -0.39 is 0 Å². The second-order valence-corrected chi connectivity index (χ2v) is 9.40. The molecule has 2 aliphatic heterocycles. The average Bonchev–Trinajstić information content (AvgIpc) is 3.42. The van der Waals surface area contributed by atoms with Crippen molar-refractivity contribution >= 4 is 10.8 Å². The van der Waals surface area contributed by atoms with Gasteiger partial charge in [0.1, 0.15) is 0 Å². The van der Waals surface area contributed by atoms with E-state index in [1.807, 2.05) is 6.07 Å². The van der Waals surface area contributed by atoms with Gasteiger partial charge in [0.15, 0.2) is 35.7 Å². The topological polar surface area (TPSA) is 40.8 Å². The fourth-order valence-corrected chi connectivity index (χ4v) is 5.56. The summed E-state index contributed by atoms with van der Waals surface area (Å²) < 4.78 is 25.3. The SMILES string of the molecule is COc1cc(-c2ccc(-c3ccccc3)cc2)c2cc3[n+](cc2c1OC)CCc1cc2c(cc1-3)OCO2.[Cl-]. The van der Waals surface area contributed by atoms with Crippen molar-refractivity contribution in [3.63, 3.8) is 0 Å². The Morgan fingerprint density at radius 1 is 0.711 bits per heavy atom. The van der Waals surface area contributed by atoms with Gasteiger partial charge < -0.3 is 31.4 Å². The van der Waals surface area contributed by atoms with Crippen LogP contribution in [0.4, 0.5) is 0 Å². The summed E-state index contributed by atoms with van der Waals surface area (Å²) in [6, 6.07) is 27.8. The normalized spacial score (nSPS) is 12.9. The van der Waals surface area contributed by atoms with Crippen LogP contribution in [0.15, 0.2) is 85.1 Å². The van der Waals surface area contributed by atoms with Crippen molar-refractivity contribution < 1.29 is 35.9 Å². The van der Waals surface area contributed by atoms with Crippen LogP contribution in [0.5, 0.6) is 23.0 Å². The fourth-order valence-electron chi connectivity index (χ4n) is 5.56. The third-order valence-electron chi connectivity index (χ3n) is 7.42. The van der Waals surface area contributed by atoms with Crippen LogP contribution in [0, 0.1) is 0 Å². The summed E-state index contributed by atoms with van der Waals surface area (Å²) in [6.07, 6.45) is 3.12. The van der Waals surface area contributed by atoms with Gasteiger partial charge in [-0.15, -0.1) is 0 Å². The quantitative estimate of drug-likeness (QED) is 0.338. The number of rotatable bonds is 4. The third-order valence-corrected chi connectivity index (χ3v) is 7.42. The van der Waals surface area contributed by atoms with Gasteiger partial charge in [0.2, 0.25) is 12.5 Å². The Hall–Kier alpha value is -4.22. The second kappa shape index (κ2) is 9.58. The van der Waals surface area contributed by atoms with Crippen molar-refractivity contribution in [1.82, 2.24) is 0 Å². The minimum absolute atomic E-state index is 0. The van der Waals surface area contributed by atoms with Gasteiger partial charge >= 0.3 is 0 Å². The lowest BCUT2D eigenvalue weighted by molar-refractivity contribution is -0.686. The number of benzene rings is 4. The zero-order valence-corrected chi connectivity index (χ0v) is 21.9. The van der Waals surface area contributed by atoms with Crippen LogP contribution in [0.25, 0.3) is 44.3 Å². The van der Waals surface area contributed by atoms with Gasteiger partial charge in [-0.25, -0.2) is 0 Å². The first kappa shape index (κ1) is 24.1. The summed E-state index contributed by atoms with van der Waals surface area (Å²) in [6.45, 7) is 1.15. The summed E-state index contributed by atoms with van der Waals surface area (Å²) in [7, 11) is 3.39. The molecule has 5 nitrogen and oxygen atoms in total. The molecule has 0 saturated heterocycles. The van der Waals surface area contributed by atoms with Crippen molar-refractivity contribution in [2.24, 2.45) is 0 Å². The number of ether oxygens (including phenoxy) is 4. The molecule has 3 heterocycles. The maximum Gasteiger partial charge on any atom is 0.231 e. The highest BCUT2D eigenvalue weighted by Gasteiger charge is 2.29. The number of aromatic nitrogens is 1. The number of methoxy groups -OCH3 is 2. The Morgan fingerprint density at radius 3 is 2.16 bits per heavy atom. The first-order chi connectivity index (χ1) is 18.2. The Morgan fingerprint density at radius 2 is 1.42 bits per heavy atom. The van der Waals surface area contributed by atoms with E-state index in [1.54, 1.807) is 14.2 Å². The molecule has 5 aromatic rings. The van der Waals surface area contributed by atoms with Crippen LogP contribution < -0.4 is 35.9 Å². The molecule has 0 atom stereocenters. The smallest absolute Gasteiger partial charge is 0.231 e. The van der Waals surface area contributed by atoms with E-state index >= 15 is 0 Å². The maximum atomic E-state index is 5.86. The molecule has 7 rings (SSSR count). The predicted octanol–water partition coefficient (Wildman–Crippen LogP) is 3.43. The van der Waals surface area contributed by atoms with Gasteiger partial charge in [0.25, 0.3) is 0 Å². The van der Waals surface area contributed by atoms with E-state index in [4.69, 9.17) is 18.9 Å². The van der Waals surface area contributed by atoms with E-state index in [2.05, 4.69) is 83.6 Å². The number of hydrogen-bond donors (Lipinski definition) is 0. The zero-order chi connectivity index (χ0) is 24.9. The Balaban J connectivity index is 0.00000264. The minimum Gasteiger partial charge on any atom is -1.00 e. The summed E-state index contributed by atoms with van der Waals surface area (Å²) >= 11 is 0. The van der Waals surface area contributed by atoms with Crippen LogP contribution in [-0.4, -0.2) is 21.0 Å². The van der Waals surface area contributed by atoms with Crippen molar-refractivity contribution in [1.29, 1.82) is 0 Å². The Bertz CT molecular complexity index is 1670. The van der Waals surface area contributed by atoms with Gasteiger partial charge in [-0.3, -0.25) is 0 Å². The van der Waals surface area contributed by atoms with Gasteiger partial charge in [0, 0.05) is 17.9 Å². The number of halogens is 1.